The Hall–Kier alpha value is -0.810. The fourth-order valence-electron chi connectivity index (χ4n) is 2.55. The van der Waals surface area contributed by atoms with E-state index in [2.05, 4.69) is 5.32 Å². The molecule has 1 saturated heterocycles. The second-order valence-electron chi connectivity index (χ2n) is 5.51. The number of carbonyl (C=O) groups excluding carboxylic acids is 1. The molecule has 1 aromatic carbocycles. The first-order valence-corrected chi connectivity index (χ1v) is 7.81. The van der Waals surface area contributed by atoms with Gasteiger partial charge in [0.1, 0.15) is 0 Å². The van der Waals surface area contributed by atoms with Crippen LogP contribution < -0.4 is 5.32 Å². The molecule has 1 aliphatic heterocycles. The monoisotopic (exact) mass is 330 g/mol. The molecule has 1 aliphatic rings. The molecule has 1 fully saturated rings. The lowest BCUT2D eigenvalue weighted by Crippen LogP contribution is -2.45. The van der Waals surface area contributed by atoms with Crippen LogP contribution in [0.15, 0.2) is 18.2 Å². The minimum atomic E-state index is -0.330. The molecule has 2 rings (SSSR count). The van der Waals surface area contributed by atoms with Crippen LogP contribution >= 0.6 is 23.2 Å². The van der Waals surface area contributed by atoms with E-state index in [1.165, 1.54) is 0 Å². The zero-order valence-corrected chi connectivity index (χ0v) is 13.7. The second-order valence-corrected chi connectivity index (χ2v) is 6.35. The number of rotatable bonds is 4. The van der Waals surface area contributed by atoms with E-state index >= 15 is 0 Å². The number of β-amino-alcohol motifs (C(OH)–C–C–N with tert-alkyl or cyclic N) is 1. The zero-order valence-electron chi connectivity index (χ0n) is 12.1. The highest BCUT2D eigenvalue weighted by atomic mass is 35.5. The number of amides is 1. The van der Waals surface area contributed by atoms with Crippen molar-refractivity contribution in [2.75, 3.05) is 13.1 Å². The maximum Gasteiger partial charge on any atom is 0.237 e. The molecular weight excluding hydrogens is 311 g/mol. The number of nitrogens with zero attached hydrogens (tertiary/aromatic N) is 1. The Bertz CT molecular complexity index is 524. The molecule has 2 N–H and O–H groups in total. The highest BCUT2D eigenvalue weighted by molar-refractivity contribution is 6.35. The fourth-order valence-corrected chi connectivity index (χ4v) is 3.12. The number of halogens is 2. The van der Waals surface area contributed by atoms with Gasteiger partial charge in [0.05, 0.1) is 18.2 Å². The number of hydrogen-bond acceptors (Lipinski definition) is 3. The van der Waals surface area contributed by atoms with Crippen molar-refractivity contribution >= 4 is 29.1 Å². The third-order valence-corrected chi connectivity index (χ3v) is 4.47. The van der Waals surface area contributed by atoms with Gasteiger partial charge in [-0.3, -0.25) is 9.69 Å². The molecule has 4 nitrogen and oxygen atoms in total. The lowest BCUT2D eigenvalue weighted by atomic mass is 10.1. The first-order valence-electron chi connectivity index (χ1n) is 7.06. The first kappa shape index (κ1) is 16.6. The van der Waals surface area contributed by atoms with Gasteiger partial charge in [-0.15, -0.1) is 0 Å². The molecule has 0 saturated carbocycles. The van der Waals surface area contributed by atoms with Gasteiger partial charge in [-0.25, -0.2) is 0 Å². The molecule has 0 aromatic heterocycles. The Morgan fingerprint density at radius 3 is 2.71 bits per heavy atom. The molecule has 116 valence electrons. The van der Waals surface area contributed by atoms with Crippen molar-refractivity contribution in [1.29, 1.82) is 0 Å². The zero-order chi connectivity index (χ0) is 15.6. The van der Waals surface area contributed by atoms with Crippen LogP contribution in [0.2, 0.25) is 10.0 Å². The second kappa shape index (κ2) is 6.97. The number of benzene rings is 1. The van der Waals surface area contributed by atoms with Gasteiger partial charge in [0, 0.05) is 23.1 Å². The third kappa shape index (κ3) is 4.10. The number of likely N-dealkylation sites (tertiary alicyclic amines) is 1. The predicted molar refractivity (Wildman–Crippen MR) is 84.7 cm³/mol. The van der Waals surface area contributed by atoms with Crippen LogP contribution in [0.3, 0.4) is 0 Å². The van der Waals surface area contributed by atoms with Crippen molar-refractivity contribution in [3.63, 3.8) is 0 Å². The normalized spacial score (nSPS) is 22.0. The van der Waals surface area contributed by atoms with Gasteiger partial charge >= 0.3 is 0 Å². The van der Waals surface area contributed by atoms with Crippen LogP contribution in [0.1, 0.15) is 31.9 Å². The smallest absolute Gasteiger partial charge is 0.237 e. The summed E-state index contributed by atoms with van der Waals surface area (Å²) in [6.45, 7) is 5.03. The van der Waals surface area contributed by atoms with Gasteiger partial charge in [-0.1, -0.05) is 29.3 Å². The van der Waals surface area contributed by atoms with Crippen LogP contribution in [0.4, 0.5) is 0 Å². The lowest BCUT2D eigenvalue weighted by Gasteiger charge is -2.25. The van der Waals surface area contributed by atoms with Crippen molar-refractivity contribution in [2.24, 2.45) is 0 Å². The number of aliphatic hydroxyl groups excluding tert-OH is 1. The van der Waals surface area contributed by atoms with Gasteiger partial charge in [0.15, 0.2) is 0 Å². The Kier molecular flexibility index (Phi) is 5.49. The number of hydrogen-bond donors (Lipinski definition) is 2. The summed E-state index contributed by atoms with van der Waals surface area (Å²) in [5.41, 5.74) is 0.836. The van der Waals surface area contributed by atoms with Crippen LogP contribution in [0.25, 0.3) is 0 Å². The van der Waals surface area contributed by atoms with Crippen LogP contribution in [-0.4, -0.2) is 41.1 Å². The Morgan fingerprint density at radius 1 is 1.43 bits per heavy atom. The van der Waals surface area contributed by atoms with E-state index in [0.29, 0.717) is 16.6 Å². The number of carbonyl (C=O) groups is 1. The molecular formula is C15H20Cl2N2O2. The molecule has 0 bridgehead atoms. The minimum Gasteiger partial charge on any atom is -0.392 e. The summed E-state index contributed by atoms with van der Waals surface area (Å²) in [6, 6.07) is 4.78. The highest BCUT2D eigenvalue weighted by Gasteiger charge is 2.29. The first-order chi connectivity index (χ1) is 9.88. The molecule has 2 unspecified atom stereocenters. The number of nitrogens with one attached hydrogen (secondary N) is 1. The molecule has 3 atom stereocenters. The van der Waals surface area contributed by atoms with Crippen LogP contribution in [0, 0.1) is 0 Å². The summed E-state index contributed by atoms with van der Waals surface area (Å²) < 4.78 is 0. The van der Waals surface area contributed by atoms with Crippen LogP contribution in [-0.2, 0) is 4.79 Å². The molecule has 1 amide bonds. The molecule has 0 spiro atoms. The molecule has 21 heavy (non-hydrogen) atoms. The standard InChI is InChI=1S/C15H20Cl2N2O2/c1-9(13-4-3-11(16)7-14(13)17)18-15(21)10(2)19-6-5-12(20)8-19/h3-4,7,9-10,12,20H,5-6,8H2,1-2H3,(H,18,21)/t9?,10?,12-/m0/s1. The average molecular weight is 331 g/mol. The summed E-state index contributed by atoms with van der Waals surface area (Å²) in [5, 5.41) is 13.6. The highest BCUT2D eigenvalue weighted by Crippen LogP contribution is 2.26. The summed E-state index contributed by atoms with van der Waals surface area (Å²) in [4.78, 5) is 14.3. The number of aliphatic hydroxyl groups is 1. The minimum absolute atomic E-state index is 0.0670. The Morgan fingerprint density at radius 2 is 2.14 bits per heavy atom. The molecule has 0 aliphatic carbocycles. The van der Waals surface area contributed by atoms with E-state index in [0.717, 1.165) is 18.5 Å². The average Bonchev–Trinajstić information content (AvgIpc) is 2.84. The Balaban J connectivity index is 1.98. The van der Waals surface area contributed by atoms with Crippen molar-refractivity contribution in [2.45, 2.75) is 38.5 Å². The third-order valence-electron chi connectivity index (χ3n) is 3.91. The summed E-state index contributed by atoms with van der Waals surface area (Å²) >= 11 is 12.0. The molecule has 1 aromatic rings. The SMILES string of the molecule is CC(NC(=O)C(C)N1CC[C@H](O)C1)c1ccc(Cl)cc1Cl. The van der Waals surface area contributed by atoms with Gasteiger partial charge in [-0.05, 0) is 38.0 Å². The van der Waals surface area contributed by atoms with Gasteiger partial charge < -0.3 is 10.4 Å². The molecule has 0 radical (unpaired) electrons. The topological polar surface area (TPSA) is 52.6 Å². The maximum absolute atomic E-state index is 12.3. The van der Waals surface area contributed by atoms with Gasteiger partial charge in [0.2, 0.25) is 5.91 Å². The van der Waals surface area contributed by atoms with Crippen molar-refractivity contribution in [1.82, 2.24) is 10.2 Å². The summed E-state index contributed by atoms with van der Waals surface area (Å²) in [5.74, 6) is -0.0670. The molecule has 1 heterocycles. The maximum atomic E-state index is 12.3. The van der Waals surface area contributed by atoms with Crippen molar-refractivity contribution in [3.8, 4) is 0 Å². The van der Waals surface area contributed by atoms with E-state index in [4.69, 9.17) is 23.2 Å². The summed E-state index contributed by atoms with van der Waals surface area (Å²) in [7, 11) is 0. The van der Waals surface area contributed by atoms with E-state index < -0.39 is 0 Å². The van der Waals surface area contributed by atoms with Gasteiger partial charge in [-0.2, -0.15) is 0 Å². The largest absolute Gasteiger partial charge is 0.392 e. The van der Waals surface area contributed by atoms with E-state index in [9.17, 15) is 9.90 Å². The van der Waals surface area contributed by atoms with Gasteiger partial charge in [0.25, 0.3) is 0 Å². The van der Waals surface area contributed by atoms with Crippen molar-refractivity contribution in [3.05, 3.63) is 33.8 Å². The predicted octanol–water partition coefficient (Wildman–Crippen LogP) is 2.63. The molecule has 6 heteroatoms. The Labute approximate surface area is 135 Å². The van der Waals surface area contributed by atoms with E-state index in [-0.39, 0.29) is 24.1 Å². The van der Waals surface area contributed by atoms with E-state index in [1.54, 1.807) is 12.1 Å². The van der Waals surface area contributed by atoms with Crippen LogP contribution in [0.5, 0.6) is 0 Å². The summed E-state index contributed by atoms with van der Waals surface area (Å²) in [6.07, 6.45) is 0.388. The van der Waals surface area contributed by atoms with E-state index in [1.807, 2.05) is 24.8 Å². The fraction of sp³-hybridized carbons (Fsp3) is 0.533. The van der Waals surface area contributed by atoms with Crippen molar-refractivity contribution < 1.29 is 9.90 Å². The quantitative estimate of drug-likeness (QED) is 0.892. The lowest BCUT2D eigenvalue weighted by molar-refractivity contribution is -0.126.